The van der Waals surface area contributed by atoms with E-state index in [4.69, 9.17) is 33.2 Å². The van der Waals surface area contributed by atoms with E-state index in [2.05, 4.69) is 0 Å². The summed E-state index contributed by atoms with van der Waals surface area (Å²) >= 11 is 0. The van der Waals surface area contributed by atoms with E-state index in [1.165, 1.54) is 0 Å². The summed E-state index contributed by atoms with van der Waals surface area (Å²) in [6.45, 7) is 7.65. The first kappa shape index (κ1) is 36.3. The van der Waals surface area contributed by atoms with E-state index < -0.39 is 11.2 Å². The summed E-state index contributed by atoms with van der Waals surface area (Å²) in [5.74, 6) is 0.0764. The topological polar surface area (TPSA) is 81.7 Å². The number of rotatable bonds is 18. The summed E-state index contributed by atoms with van der Waals surface area (Å²) < 4.78 is 41.8. The van der Waals surface area contributed by atoms with Crippen molar-refractivity contribution in [2.24, 2.45) is 5.41 Å². The Morgan fingerprint density at radius 2 is 1.40 bits per heavy atom. The normalized spacial score (nSPS) is 19.9. The maximum atomic E-state index is 13.5. The Bertz CT molecular complexity index is 1390. The zero-order valence-electron chi connectivity index (χ0n) is 28.6. The van der Waals surface area contributed by atoms with Gasteiger partial charge in [-0.05, 0) is 54.3 Å². The van der Waals surface area contributed by atoms with Crippen molar-refractivity contribution in [3.8, 4) is 11.5 Å². The summed E-state index contributed by atoms with van der Waals surface area (Å²) in [5, 5.41) is 0. The van der Waals surface area contributed by atoms with Crippen molar-refractivity contribution < 1.29 is 38.0 Å². The highest BCUT2D eigenvalue weighted by atomic mass is 16.7. The maximum Gasteiger partial charge on any atom is 0.237 e. The quantitative estimate of drug-likeness (QED) is 0.104. The smallest absolute Gasteiger partial charge is 0.237 e. The van der Waals surface area contributed by atoms with E-state index in [0.29, 0.717) is 45.7 Å². The lowest BCUT2D eigenvalue weighted by Gasteiger charge is -2.47. The van der Waals surface area contributed by atoms with Gasteiger partial charge in [-0.1, -0.05) is 80.6 Å². The Morgan fingerprint density at radius 3 is 2.00 bits per heavy atom. The molecule has 4 rings (SSSR count). The molecule has 0 bridgehead atoms. The van der Waals surface area contributed by atoms with E-state index >= 15 is 0 Å². The number of methoxy groups -OCH3 is 3. The molecule has 1 fully saturated rings. The average Bonchev–Trinajstić information content (AvgIpc) is 3.10. The van der Waals surface area contributed by atoms with Crippen LogP contribution in [0.4, 0.5) is 0 Å². The molecular weight excluding hydrogens is 596 g/mol. The third-order valence-corrected chi connectivity index (χ3v) is 8.70. The predicted molar refractivity (Wildman–Crippen MR) is 181 cm³/mol. The molecule has 1 aliphatic rings. The van der Waals surface area contributed by atoms with E-state index in [0.717, 1.165) is 28.2 Å². The fourth-order valence-corrected chi connectivity index (χ4v) is 5.83. The molecule has 1 unspecified atom stereocenters. The first-order valence-corrected chi connectivity index (χ1v) is 16.2. The number of ether oxygens (including phenoxy) is 7. The van der Waals surface area contributed by atoms with Crippen LogP contribution >= 0.6 is 0 Å². The minimum Gasteiger partial charge on any atom is -0.497 e. The first-order valence-electron chi connectivity index (χ1n) is 16.2. The number of hydrogen-bond acceptors (Lipinski definition) is 8. The second-order valence-corrected chi connectivity index (χ2v) is 12.4. The lowest BCUT2D eigenvalue weighted by atomic mass is 9.77. The van der Waals surface area contributed by atoms with E-state index in [1.807, 2.05) is 112 Å². The van der Waals surface area contributed by atoms with Gasteiger partial charge in [0, 0.05) is 25.4 Å². The number of benzene rings is 3. The molecule has 0 aliphatic carbocycles. The fraction of sp³-hybridized carbons (Fsp3) is 0.462. The summed E-state index contributed by atoms with van der Waals surface area (Å²) in [5.41, 5.74) is 2.40. The Balaban J connectivity index is 1.42. The van der Waals surface area contributed by atoms with Crippen LogP contribution in [0.2, 0.25) is 0 Å². The molecule has 254 valence electrons. The number of carbonyl (C=O) groups excluding carboxylic acids is 1. The molecule has 4 atom stereocenters. The molecule has 0 spiro atoms. The summed E-state index contributed by atoms with van der Waals surface area (Å²) in [6.07, 6.45) is 4.52. The zero-order chi connectivity index (χ0) is 33.7. The van der Waals surface area contributed by atoms with Crippen LogP contribution in [0.3, 0.4) is 0 Å². The SMILES string of the molecule is COc1ccc(COC/C=C/C(C)(C)[C@]2(OC)O[C@H](CC(OCc3ccc(OC)cc3)[C@H](C)OCc3ccccc3)CCC2=O)cc1. The third-order valence-electron chi connectivity index (χ3n) is 8.70. The highest BCUT2D eigenvalue weighted by Crippen LogP contribution is 2.43. The van der Waals surface area contributed by atoms with Crippen LogP contribution in [0.15, 0.2) is 91.0 Å². The van der Waals surface area contributed by atoms with E-state index in [1.54, 1.807) is 21.3 Å². The Morgan fingerprint density at radius 1 is 0.830 bits per heavy atom. The molecular formula is C39H50O8. The van der Waals surface area contributed by atoms with Crippen LogP contribution in [0, 0.1) is 5.41 Å². The predicted octanol–water partition coefficient (Wildman–Crippen LogP) is 7.47. The summed E-state index contributed by atoms with van der Waals surface area (Å²) in [6, 6.07) is 25.7. The van der Waals surface area contributed by atoms with Gasteiger partial charge in [0.25, 0.3) is 0 Å². The van der Waals surface area contributed by atoms with Gasteiger partial charge in [0.05, 0.1) is 59.0 Å². The number of carbonyl (C=O) groups is 1. The lowest BCUT2D eigenvalue weighted by Crippen LogP contribution is -2.59. The van der Waals surface area contributed by atoms with Crippen LogP contribution in [0.25, 0.3) is 0 Å². The molecule has 0 N–H and O–H groups in total. The molecule has 0 radical (unpaired) electrons. The first-order chi connectivity index (χ1) is 22.7. The monoisotopic (exact) mass is 646 g/mol. The van der Waals surface area contributed by atoms with Gasteiger partial charge in [-0.15, -0.1) is 0 Å². The van der Waals surface area contributed by atoms with Gasteiger partial charge in [0.2, 0.25) is 5.79 Å². The maximum absolute atomic E-state index is 13.5. The van der Waals surface area contributed by atoms with Crippen LogP contribution in [-0.4, -0.2) is 57.8 Å². The van der Waals surface area contributed by atoms with Crippen molar-refractivity contribution in [3.63, 3.8) is 0 Å². The second-order valence-electron chi connectivity index (χ2n) is 12.4. The van der Waals surface area contributed by atoms with Crippen molar-refractivity contribution in [3.05, 3.63) is 108 Å². The van der Waals surface area contributed by atoms with Crippen molar-refractivity contribution in [1.29, 1.82) is 0 Å². The third kappa shape index (κ3) is 9.98. The van der Waals surface area contributed by atoms with Gasteiger partial charge in [0.15, 0.2) is 5.78 Å². The van der Waals surface area contributed by atoms with E-state index in [9.17, 15) is 4.79 Å². The highest BCUT2D eigenvalue weighted by Gasteiger charge is 2.55. The summed E-state index contributed by atoms with van der Waals surface area (Å²) in [7, 11) is 4.84. The molecule has 3 aromatic carbocycles. The molecule has 8 nitrogen and oxygen atoms in total. The van der Waals surface area contributed by atoms with Crippen LogP contribution in [0.5, 0.6) is 11.5 Å². The minimum atomic E-state index is -1.45. The van der Waals surface area contributed by atoms with Gasteiger partial charge >= 0.3 is 0 Å². The van der Waals surface area contributed by atoms with Gasteiger partial charge in [0.1, 0.15) is 11.5 Å². The van der Waals surface area contributed by atoms with Gasteiger partial charge in [-0.2, -0.15) is 0 Å². The van der Waals surface area contributed by atoms with Crippen LogP contribution in [-0.2, 0) is 48.3 Å². The van der Waals surface area contributed by atoms with Crippen molar-refractivity contribution >= 4 is 5.78 Å². The second kappa shape index (κ2) is 17.6. The van der Waals surface area contributed by atoms with Gasteiger partial charge in [-0.3, -0.25) is 4.79 Å². The van der Waals surface area contributed by atoms with Crippen molar-refractivity contribution in [2.75, 3.05) is 27.9 Å². The molecule has 0 amide bonds. The standard InChI is InChI=1S/C39H50O8/c1-29(45-27-30-11-8-7-9-12-30)36(46-28-32-15-19-34(42-5)20-16-32)25-35-21-22-37(40)39(43-6,47-35)38(2,3)23-10-24-44-26-31-13-17-33(41-4)18-14-31/h7-20,23,29,35-36H,21-22,24-28H2,1-6H3/b23-10+/t29-,35-,36?,39+/m0/s1. The Labute approximate surface area is 279 Å². The zero-order valence-corrected chi connectivity index (χ0v) is 28.6. The molecule has 1 saturated heterocycles. The molecule has 0 aromatic heterocycles. The molecule has 0 saturated carbocycles. The molecule has 3 aromatic rings. The molecule has 8 heteroatoms. The minimum absolute atomic E-state index is 0.0749. The number of hydrogen-bond donors (Lipinski definition) is 0. The Kier molecular flexibility index (Phi) is 13.6. The van der Waals surface area contributed by atoms with Gasteiger partial charge in [-0.25, -0.2) is 0 Å². The fourth-order valence-electron chi connectivity index (χ4n) is 5.83. The van der Waals surface area contributed by atoms with Crippen LogP contribution < -0.4 is 9.47 Å². The van der Waals surface area contributed by atoms with Crippen molar-refractivity contribution in [1.82, 2.24) is 0 Å². The summed E-state index contributed by atoms with van der Waals surface area (Å²) in [4.78, 5) is 13.5. The van der Waals surface area contributed by atoms with Crippen molar-refractivity contribution in [2.45, 2.75) is 84.0 Å². The lowest BCUT2D eigenvalue weighted by molar-refractivity contribution is -0.286. The molecule has 47 heavy (non-hydrogen) atoms. The number of ketones is 1. The number of Topliss-reactive ketones (excluding diaryl/α,β-unsaturated/α-hetero) is 1. The Hall–Kier alpha value is -3.53. The molecule has 1 aliphatic heterocycles. The van der Waals surface area contributed by atoms with E-state index in [-0.39, 0.29) is 24.1 Å². The largest absolute Gasteiger partial charge is 0.497 e. The highest BCUT2D eigenvalue weighted by molar-refractivity contribution is 5.87. The molecule has 1 heterocycles. The van der Waals surface area contributed by atoms with Crippen LogP contribution in [0.1, 0.15) is 56.7 Å². The van der Waals surface area contributed by atoms with Gasteiger partial charge < -0.3 is 33.2 Å². The average molecular weight is 647 g/mol.